The summed E-state index contributed by atoms with van der Waals surface area (Å²) >= 11 is 0. The van der Waals surface area contributed by atoms with Crippen molar-refractivity contribution in [3.63, 3.8) is 0 Å². The summed E-state index contributed by atoms with van der Waals surface area (Å²) in [5, 5.41) is 4.13. The molecule has 2 heterocycles. The molecule has 1 unspecified atom stereocenters. The van der Waals surface area contributed by atoms with Crippen LogP contribution in [0.2, 0.25) is 0 Å². The number of nitrogens with zero attached hydrogens (tertiary/aromatic N) is 4. The molecule has 1 aromatic heterocycles. The number of likely N-dealkylation sites (tertiary alicyclic amines) is 1. The first-order chi connectivity index (χ1) is 16.5. The monoisotopic (exact) mass is 464 g/mol. The van der Waals surface area contributed by atoms with Crippen LogP contribution in [-0.2, 0) is 17.9 Å². The lowest BCUT2D eigenvalue weighted by atomic mass is 9.96. The molecular weight excluding hydrogens is 432 g/mol. The molecule has 0 N–H and O–H groups in total. The molecule has 1 aliphatic heterocycles. The summed E-state index contributed by atoms with van der Waals surface area (Å²) < 4.78 is 16.2. The number of hydrogen-bond donors (Lipinski definition) is 0. The Hall–Kier alpha value is -3.39. The van der Waals surface area contributed by atoms with Crippen molar-refractivity contribution in [2.75, 3.05) is 34.4 Å². The molecular formula is C26H32N4O4. The van der Waals surface area contributed by atoms with Crippen molar-refractivity contribution in [3.05, 3.63) is 59.5 Å². The van der Waals surface area contributed by atoms with Gasteiger partial charge in [-0.25, -0.2) is 0 Å². The number of benzene rings is 2. The Bertz CT molecular complexity index is 1110. The molecule has 180 valence electrons. The first-order valence-corrected chi connectivity index (χ1v) is 11.5. The van der Waals surface area contributed by atoms with Crippen molar-refractivity contribution in [2.24, 2.45) is 5.92 Å². The number of hydrogen-bond acceptors (Lipinski definition) is 7. The van der Waals surface area contributed by atoms with E-state index >= 15 is 0 Å². The Morgan fingerprint density at radius 1 is 1.15 bits per heavy atom. The number of amides is 1. The minimum Gasteiger partial charge on any atom is -0.493 e. The number of piperidine rings is 1. The molecule has 1 fully saturated rings. The third-order valence-corrected chi connectivity index (χ3v) is 6.24. The Balaban J connectivity index is 1.35. The summed E-state index contributed by atoms with van der Waals surface area (Å²) in [6.45, 7) is 4.69. The molecule has 1 atom stereocenters. The molecule has 8 nitrogen and oxygen atoms in total. The Morgan fingerprint density at radius 2 is 1.91 bits per heavy atom. The van der Waals surface area contributed by atoms with Gasteiger partial charge in [-0.2, -0.15) is 4.98 Å². The van der Waals surface area contributed by atoms with E-state index in [9.17, 15) is 4.79 Å². The summed E-state index contributed by atoms with van der Waals surface area (Å²) in [5.74, 6) is 2.59. The van der Waals surface area contributed by atoms with Crippen molar-refractivity contribution in [1.29, 1.82) is 0 Å². The van der Waals surface area contributed by atoms with Crippen LogP contribution in [0.25, 0.3) is 11.4 Å². The normalized spacial score (nSPS) is 16.3. The van der Waals surface area contributed by atoms with E-state index < -0.39 is 0 Å². The average molecular weight is 465 g/mol. The van der Waals surface area contributed by atoms with Crippen LogP contribution in [0.1, 0.15) is 29.9 Å². The Kier molecular flexibility index (Phi) is 7.47. The van der Waals surface area contributed by atoms with Gasteiger partial charge >= 0.3 is 0 Å². The minimum absolute atomic E-state index is 0.0571. The lowest BCUT2D eigenvalue weighted by Crippen LogP contribution is -2.43. The molecule has 0 bridgehead atoms. The fourth-order valence-electron chi connectivity index (χ4n) is 4.37. The van der Waals surface area contributed by atoms with Gasteiger partial charge in [0.1, 0.15) is 0 Å². The third-order valence-electron chi connectivity index (χ3n) is 6.24. The molecule has 2 aromatic carbocycles. The summed E-state index contributed by atoms with van der Waals surface area (Å²) in [6.07, 6.45) is 1.84. The molecule has 1 saturated heterocycles. The number of aromatic nitrogens is 2. The summed E-state index contributed by atoms with van der Waals surface area (Å²) in [4.78, 5) is 21.8. The molecule has 0 spiro atoms. The minimum atomic E-state index is -0.0571. The molecule has 1 aliphatic rings. The van der Waals surface area contributed by atoms with Crippen molar-refractivity contribution in [1.82, 2.24) is 19.9 Å². The topological polar surface area (TPSA) is 80.9 Å². The number of methoxy groups -OCH3 is 2. The number of aryl methyl sites for hydroxylation is 1. The van der Waals surface area contributed by atoms with Crippen LogP contribution in [0.3, 0.4) is 0 Å². The lowest BCUT2D eigenvalue weighted by molar-refractivity contribution is -0.136. The van der Waals surface area contributed by atoms with E-state index in [0.717, 1.165) is 30.5 Å². The highest BCUT2D eigenvalue weighted by molar-refractivity contribution is 5.79. The van der Waals surface area contributed by atoms with Crippen LogP contribution in [0.15, 0.2) is 47.0 Å². The Labute approximate surface area is 200 Å². The van der Waals surface area contributed by atoms with E-state index in [0.29, 0.717) is 42.8 Å². The second kappa shape index (κ2) is 10.7. The lowest BCUT2D eigenvalue weighted by Gasteiger charge is -2.33. The highest BCUT2D eigenvalue weighted by Crippen LogP contribution is 2.28. The van der Waals surface area contributed by atoms with Crippen molar-refractivity contribution in [2.45, 2.75) is 32.9 Å². The molecule has 0 saturated carbocycles. The standard InChI is InChI=1S/C26H32N4O4/c1-18-7-10-20(11-8-18)25-27-24(34-28-25)17-30-13-5-6-21(16-30)26(31)29(2)15-19-9-12-22(32-3)23(14-19)33-4/h7-12,14,21H,5-6,13,15-17H2,1-4H3. The highest BCUT2D eigenvalue weighted by Gasteiger charge is 2.29. The fourth-order valence-corrected chi connectivity index (χ4v) is 4.37. The Morgan fingerprint density at radius 3 is 2.65 bits per heavy atom. The average Bonchev–Trinajstić information content (AvgIpc) is 3.32. The first-order valence-electron chi connectivity index (χ1n) is 11.5. The molecule has 0 aliphatic carbocycles. The van der Waals surface area contributed by atoms with Crippen LogP contribution in [0.4, 0.5) is 0 Å². The third kappa shape index (κ3) is 5.56. The van der Waals surface area contributed by atoms with Crippen LogP contribution in [0.5, 0.6) is 11.5 Å². The zero-order valence-corrected chi connectivity index (χ0v) is 20.3. The van der Waals surface area contributed by atoms with Crippen LogP contribution < -0.4 is 9.47 Å². The maximum absolute atomic E-state index is 13.2. The molecule has 4 rings (SSSR count). The van der Waals surface area contributed by atoms with Gasteiger partial charge in [-0.1, -0.05) is 41.1 Å². The number of carbonyl (C=O) groups excluding carboxylic acids is 1. The van der Waals surface area contributed by atoms with Crippen LogP contribution in [0, 0.1) is 12.8 Å². The van der Waals surface area contributed by atoms with E-state index in [4.69, 9.17) is 14.0 Å². The number of ether oxygens (including phenoxy) is 2. The van der Waals surface area contributed by atoms with Gasteiger partial charge < -0.3 is 18.9 Å². The summed E-state index contributed by atoms with van der Waals surface area (Å²) in [7, 11) is 5.07. The maximum atomic E-state index is 13.2. The zero-order valence-electron chi connectivity index (χ0n) is 20.3. The first kappa shape index (κ1) is 23.8. The molecule has 34 heavy (non-hydrogen) atoms. The van der Waals surface area contributed by atoms with Gasteiger partial charge in [0, 0.05) is 25.7 Å². The molecule has 3 aromatic rings. The van der Waals surface area contributed by atoms with E-state index in [1.165, 1.54) is 5.56 Å². The maximum Gasteiger partial charge on any atom is 0.241 e. The van der Waals surface area contributed by atoms with E-state index in [-0.39, 0.29) is 11.8 Å². The number of rotatable bonds is 8. The fraction of sp³-hybridized carbons (Fsp3) is 0.423. The zero-order chi connectivity index (χ0) is 24.1. The van der Waals surface area contributed by atoms with Crippen LogP contribution >= 0.6 is 0 Å². The van der Waals surface area contributed by atoms with E-state index in [2.05, 4.69) is 15.0 Å². The quantitative estimate of drug-likeness (QED) is 0.500. The SMILES string of the molecule is COc1ccc(CN(C)C(=O)C2CCCN(Cc3nc(-c4ccc(C)cc4)no3)C2)cc1OC. The van der Waals surface area contributed by atoms with Crippen molar-refractivity contribution >= 4 is 5.91 Å². The smallest absolute Gasteiger partial charge is 0.241 e. The highest BCUT2D eigenvalue weighted by atomic mass is 16.5. The van der Waals surface area contributed by atoms with Crippen molar-refractivity contribution < 1.29 is 18.8 Å². The second-order valence-electron chi connectivity index (χ2n) is 8.84. The summed E-state index contributed by atoms with van der Waals surface area (Å²) in [6, 6.07) is 13.8. The van der Waals surface area contributed by atoms with Gasteiger partial charge in [-0.15, -0.1) is 0 Å². The van der Waals surface area contributed by atoms with Crippen LogP contribution in [-0.4, -0.2) is 60.2 Å². The van der Waals surface area contributed by atoms with Gasteiger partial charge in [0.15, 0.2) is 11.5 Å². The van der Waals surface area contributed by atoms with Crippen molar-refractivity contribution in [3.8, 4) is 22.9 Å². The van der Waals surface area contributed by atoms with Gasteiger partial charge in [0.05, 0.1) is 26.7 Å². The van der Waals surface area contributed by atoms with Gasteiger partial charge in [-0.05, 0) is 44.0 Å². The summed E-state index contributed by atoms with van der Waals surface area (Å²) in [5.41, 5.74) is 3.12. The molecule has 0 radical (unpaired) electrons. The molecule has 1 amide bonds. The second-order valence-corrected chi connectivity index (χ2v) is 8.84. The van der Waals surface area contributed by atoms with Gasteiger partial charge in [-0.3, -0.25) is 9.69 Å². The van der Waals surface area contributed by atoms with E-state index in [1.807, 2.05) is 56.4 Å². The predicted octanol–water partition coefficient (Wildman–Crippen LogP) is 3.93. The van der Waals surface area contributed by atoms with Gasteiger partial charge in [0.2, 0.25) is 17.6 Å². The largest absolute Gasteiger partial charge is 0.493 e. The van der Waals surface area contributed by atoms with E-state index in [1.54, 1.807) is 19.1 Å². The van der Waals surface area contributed by atoms with Gasteiger partial charge in [0.25, 0.3) is 0 Å². The predicted molar refractivity (Wildman–Crippen MR) is 128 cm³/mol. The number of carbonyl (C=O) groups is 1. The molecule has 8 heteroatoms.